The number of benzene rings is 5. The van der Waals surface area contributed by atoms with E-state index < -0.39 is 0 Å². The van der Waals surface area contributed by atoms with Crippen molar-refractivity contribution in [1.29, 1.82) is 0 Å². The van der Waals surface area contributed by atoms with Gasteiger partial charge in [0, 0.05) is 27.7 Å². The van der Waals surface area contributed by atoms with Gasteiger partial charge in [-0.25, -0.2) is 9.97 Å². The van der Waals surface area contributed by atoms with Crippen LogP contribution in [0.25, 0.3) is 76.8 Å². The zero-order valence-electron chi connectivity index (χ0n) is 26.2. The Hall–Kier alpha value is -6.01. The van der Waals surface area contributed by atoms with E-state index in [1.807, 2.05) is 30.5 Å². The van der Waals surface area contributed by atoms with Crippen molar-refractivity contribution < 1.29 is 4.74 Å². The van der Waals surface area contributed by atoms with Gasteiger partial charge in [0.2, 0.25) is 0 Å². The highest BCUT2D eigenvalue weighted by molar-refractivity contribution is 6.15. The second-order valence-corrected chi connectivity index (χ2v) is 13.4. The van der Waals surface area contributed by atoms with E-state index in [0.717, 1.165) is 83.0 Å². The predicted octanol–water partition coefficient (Wildman–Crippen LogP) is 10.4. The number of fused-ring (bicyclic) bond motifs is 16. The van der Waals surface area contributed by atoms with E-state index in [1.165, 1.54) is 10.9 Å². The van der Waals surface area contributed by atoms with Gasteiger partial charge in [-0.2, -0.15) is 0 Å². The van der Waals surface area contributed by atoms with Gasteiger partial charge >= 0.3 is 0 Å². The molecule has 0 amide bonds. The summed E-state index contributed by atoms with van der Waals surface area (Å²) >= 11 is 0. The van der Waals surface area contributed by atoms with Crippen molar-refractivity contribution in [2.75, 3.05) is 0 Å². The Bertz CT molecular complexity index is 2930. The van der Waals surface area contributed by atoms with Crippen LogP contribution in [-0.2, 0) is 5.41 Å². The Morgan fingerprint density at radius 2 is 1.11 bits per heavy atom. The van der Waals surface area contributed by atoms with Crippen LogP contribution < -0.4 is 4.74 Å². The molecule has 0 saturated carbocycles. The first-order valence-electron chi connectivity index (χ1n) is 16.0. The minimum absolute atomic E-state index is 0.0264. The minimum Gasteiger partial charge on any atom is -0.457 e. The van der Waals surface area contributed by atoms with Gasteiger partial charge in [-0.15, -0.1) is 0 Å². The van der Waals surface area contributed by atoms with Crippen LogP contribution in [0.5, 0.6) is 11.5 Å². The number of para-hydroxylation sites is 4. The van der Waals surface area contributed by atoms with Crippen LogP contribution >= 0.6 is 0 Å². The summed E-state index contributed by atoms with van der Waals surface area (Å²) in [5.41, 5.74) is 10.3. The van der Waals surface area contributed by atoms with E-state index >= 15 is 0 Å². The number of aromatic nitrogens is 5. The molecule has 0 aliphatic rings. The molecule has 10 aromatic rings. The fourth-order valence-corrected chi connectivity index (χ4v) is 7.22. The Kier molecular flexibility index (Phi) is 5.17. The monoisotopic (exact) mass is 607 g/mol. The van der Waals surface area contributed by atoms with Crippen molar-refractivity contribution in [2.24, 2.45) is 0 Å². The summed E-state index contributed by atoms with van der Waals surface area (Å²) in [6, 6.07) is 40.1. The van der Waals surface area contributed by atoms with Crippen molar-refractivity contribution >= 4 is 76.8 Å². The van der Waals surface area contributed by atoms with Gasteiger partial charge in [-0.1, -0.05) is 51.1 Å². The summed E-state index contributed by atoms with van der Waals surface area (Å²) in [4.78, 5) is 15.0. The van der Waals surface area contributed by atoms with Crippen LogP contribution in [0.3, 0.4) is 0 Å². The molecule has 6 nitrogen and oxygen atoms in total. The Labute approximate surface area is 269 Å². The zero-order valence-corrected chi connectivity index (χ0v) is 26.2. The maximum atomic E-state index is 6.65. The third-order valence-electron chi connectivity index (χ3n) is 9.50. The second-order valence-electron chi connectivity index (χ2n) is 13.4. The van der Waals surface area contributed by atoms with Gasteiger partial charge in [0.05, 0.1) is 38.6 Å². The largest absolute Gasteiger partial charge is 0.457 e. The second kappa shape index (κ2) is 9.27. The number of hydrogen-bond donors (Lipinski definition) is 0. The van der Waals surface area contributed by atoms with Gasteiger partial charge in [0.25, 0.3) is 0 Å². The summed E-state index contributed by atoms with van der Waals surface area (Å²) in [5.74, 6) is 1.49. The van der Waals surface area contributed by atoms with Crippen LogP contribution in [0, 0.1) is 0 Å². The Morgan fingerprint density at radius 3 is 1.79 bits per heavy atom. The number of pyridine rings is 3. The molecule has 0 aliphatic carbocycles. The van der Waals surface area contributed by atoms with Crippen molar-refractivity contribution in [3.63, 3.8) is 0 Å². The van der Waals surface area contributed by atoms with Crippen molar-refractivity contribution in [1.82, 2.24) is 23.8 Å². The lowest BCUT2D eigenvalue weighted by Gasteiger charge is -2.20. The number of rotatable bonds is 2. The lowest BCUT2D eigenvalue weighted by Crippen LogP contribution is -2.10. The van der Waals surface area contributed by atoms with Gasteiger partial charge in [0.15, 0.2) is 0 Å². The summed E-state index contributed by atoms with van der Waals surface area (Å²) in [6.45, 7) is 6.78. The lowest BCUT2D eigenvalue weighted by atomic mass is 9.86. The standard InChI is InChI=1S/C41H29N5O/c1-41(2,3)24-14-19-34-29(21-24)27-17-15-25(22-30(27)39-43-32-9-4-6-11-35(32)45(34)39)47-26-16-18-28-31(23-26)40-44-33-10-5-7-12-36(33)46(40)37-13-8-20-42-38(28)37/h4-23H,1-3H3. The maximum Gasteiger partial charge on any atom is 0.146 e. The number of imidazole rings is 2. The van der Waals surface area contributed by atoms with E-state index in [-0.39, 0.29) is 5.41 Å². The first-order valence-corrected chi connectivity index (χ1v) is 16.0. The molecule has 5 heterocycles. The molecule has 0 radical (unpaired) electrons. The van der Waals surface area contributed by atoms with E-state index in [0.29, 0.717) is 0 Å². The normalized spacial score (nSPS) is 12.6. The first kappa shape index (κ1) is 26.2. The predicted molar refractivity (Wildman–Crippen MR) is 192 cm³/mol. The van der Waals surface area contributed by atoms with E-state index in [1.54, 1.807) is 0 Å². The van der Waals surface area contributed by atoms with Crippen molar-refractivity contribution in [3.8, 4) is 11.5 Å². The van der Waals surface area contributed by atoms with Crippen molar-refractivity contribution in [2.45, 2.75) is 26.2 Å². The van der Waals surface area contributed by atoms with E-state index in [4.69, 9.17) is 19.7 Å². The maximum absolute atomic E-state index is 6.65. The molecule has 0 saturated heterocycles. The fraction of sp³-hybridized carbons (Fsp3) is 0.0976. The molecule has 0 aliphatic heterocycles. The van der Waals surface area contributed by atoms with Gasteiger partial charge in [-0.3, -0.25) is 13.8 Å². The van der Waals surface area contributed by atoms with Crippen LogP contribution in [0.1, 0.15) is 26.3 Å². The molecule has 0 N–H and O–H groups in total. The SMILES string of the molecule is CC(C)(C)c1ccc2c(c1)c1ccc(Oc3ccc4c(c3)c3nc5ccccc5n3c3cccnc43)cc1c1nc3ccccc3n21. The molecule has 0 bridgehead atoms. The zero-order chi connectivity index (χ0) is 31.4. The molecule has 6 heteroatoms. The highest BCUT2D eigenvalue weighted by Crippen LogP contribution is 2.39. The van der Waals surface area contributed by atoms with E-state index in [2.05, 4.69) is 121 Å². The average molecular weight is 608 g/mol. The topological polar surface area (TPSA) is 56.7 Å². The number of ether oxygens (including phenoxy) is 1. The summed E-state index contributed by atoms with van der Waals surface area (Å²) < 4.78 is 11.1. The summed E-state index contributed by atoms with van der Waals surface area (Å²) in [6.07, 6.45) is 1.85. The molecule has 0 atom stereocenters. The Balaban J connectivity index is 1.20. The highest BCUT2D eigenvalue weighted by Gasteiger charge is 2.19. The molecule has 5 aromatic carbocycles. The average Bonchev–Trinajstić information content (AvgIpc) is 3.68. The summed E-state index contributed by atoms with van der Waals surface area (Å²) in [5, 5.41) is 5.45. The number of nitrogens with zero attached hydrogens (tertiary/aromatic N) is 5. The third-order valence-corrected chi connectivity index (χ3v) is 9.50. The van der Waals surface area contributed by atoms with Gasteiger partial charge < -0.3 is 4.74 Å². The minimum atomic E-state index is 0.0264. The molecule has 47 heavy (non-hydrogen) atoms. The van der Waals surface area contributed by atoms with Crippen LogP contribution in [0.2, 0.25) is 0 Å². The van der Waals surface area contributed by atoms with Crippen molar-refractivity contribution in [3.05, 3.63) is 127 Å². The fourth-order valence-electron chi connectivity index (χ4n) is 7.22. The van der Waals surface area contributed by atoms with Crippen LogP contribution in [-0.4, -0.2) is 23.8 Å². The smallest absolute Gasteiger partial charge is 0.146 e. The molecular formula is C41H29N5O. The van der Waals surface area contributed by atoms with Crippen LogP contribution in [0.15, 0.2) is 121 Å². The molecule has 5 aromatic heterocycles. The molecule has 224 valence electrons. The molecule has 10 rings (SSSR count). The lowest BCUT2D eigenvalue weighted by molar-refractivity contribution is 0.484. The molecular weight excluding hydrogens is 578 g/mol. The molecule has 0 spiro atoms. The van der Waals surface area contributed by atoms with Crippen LogP contribution in [0.4, 0.5) is 0 Å². The molecule has 0 unspecified atom stereocenters. The highest BCUT2D eigenvalue weighted by atomic mass is 16.5. The number of hydrogen-bond acceptors (Lipinski definition) is 4. The van der Waals surface area contributed by atoms with E-state index in [9.17, 15) is 0 Å². The summed E-state index contributed by atoms with van der Waals surface area (Å²) in [7, 11) is 0. The third kappa shape index (κ3) is 3.75. The molecule has 0 fully saturated rings. The first-order chi connectivity index (χ1) is 22.9. The quantitative estimate of drug-likeness (QED) is 0.184. The Morgan fingerprint density at radius 1 is 0.511 bits per heavy atom. The van der Waals surface area contributed by atoms with Gasteiger partial charge in [0.1, 0.15) is 22.8 Å². The van der Waals surface area contributed by atoms with Gasteiger partial charge in [-0.05, 0) is 101 Å².